The maximum absolute atomic E-state index is 5.81. The maximum Gasteiger partial charge on any atom is 0.147 e. The summed E-state index contributed by atoms with van der Waals surface area (Å²) in [4.78, 5) is 0. The average Bonchev–Trinajstić information content (AvgIpc) is 2.58. The van der Waals surface area contributed by atoms with E-state index in [0.29, 0.717) is 5.69 Å². The van der Waals surface area contributed by atoms with Crippen LogP contribution in [0, 0.1) is 6.92 Å². The van der Waals surface area contributed by atoms with Crippen LogP contribution in [0.1, 0.15) is 5.69 Å². The summed E-state index contributed by atoms with van der Waals surface area (Å²) in [6.07, 6.45) is 1.80. The van der Waals surface area contributed by atoms with Crippen LogP contribution >= 0.6 is 11.8 Å². The smallest absolute Gasteiger partial charge is 0.147 e. The van der Waals surface area contributed by atoms with Crippen LogP contribution in [0.15, 0.2) is 22.3 Å². The third-order valence-electron chi connectivity index (χ3n) is 1.98. The monoisotopic (exact) mass is 223 g/mol. The molecule has 0 fully saturated rings. The van der Waals surface area contributed by atoms with Crippen molar-refractivity contribution in [1.82, 2.24) is 19.6 Å². The summed E-state index contributed by atoms with van der Waals surface area (Å²) in [5, 5.41) is 10.4. The molecule has 6 heteroatoms. The van der Waals surface area contributed by atoms with E-state index in [-0.39, 0.29) is 0 Å². The second-order valence-electron chi connectivity index (χ2n) is 3.41. The first-order valence-corrected chi connectivity index (χ1v) is 5.35. The SMILES string of the molecule is Cc1cc(Sc2nn(C)cc2N)n(C)n1. The normalized spacial score (nSPS) is 10.9. The van der Waals surface area contributed by atoms with Gasteiger partial charge in [-0.3, -0.25) is 9.36 Å². The van der Waals surface area contributed by atoms with Crippen LogP contribution in [0.3, 0.4) is 0 Å². The summed E-state index contributed by atoms with van der Waals surface area (Å²) >= 11 is 1.53. The molecule has 0 aliphatic heterocycles. The number of rotatable bonds is 2. The second kappa shape index (κ2) is 3.62. The molecule has 0 bridgehead atoms. The third kappa shape index (κ3) is 1.99. The van der Waals surface area contributed by atoms with Gasteiger partial charge in [0.1, 0.15) is 10.1 Å². The Morgan fingerprint density at radius 1 is 1.33 bits per heavy atom. The molecule has 0 atom stereocenters. The molecule has 2 rings (SSSR count). The molecular formula is C9H13N5S. The Bertz CT molecular complexity index is 440. The van der Waals surface area contributed by atoms with Gasteiger partial charge in [0.05, 0.1) is 11.4 Å². The molecule has 0 unspecified atom stereocenters. The predicted octanol–water partition coefficient (Wildman–Crippen LogP) is 1.20. The summed E-state index contributed by atoms with van der Waals surface area (Å²) in [5.74, 6) is 0. The van der Waals surface area contributed by atoms with Crippen molar-refractivity contribution in [2.45, 2.75) is 17.0 Å². The Labute approximate surface area is 92.3 Å². The van der Waals surface area contributed by atoms with Crippen LogP contribution in [0.2, 0.25) is 0 Å². The van der Waals surface area contributed by atoms with Gasteiger partial charge in [-0.1, -0.05) is 0 Å². The quantitative estimate of drug-likeness (QED) is 0.831. The van der Waals surface area contributed by atoms with Crippen LogP contribution in [-0.2, 0) is 14.1 Å². The highest BCUT2D eigenvalue weighted by Gasteiger charge is 2.09. The lowest BCUT2D eigenvalue weighted by Gasteiger charge is -1.98. The lowest BCUT2D eigenvalue weighted by atomic mass is 10.5. The zero-order valence-corrected chi connectivity index (χ0v) is 9.75. The molecule has 2 heterocycles. The fourth-order valence-corrected chi connectivity index (χ4v) is 2.29. The largest absolute Gasteiger partial charge is 0.395 e. The number of nitrogens with zero attached hydrogens (tertiary/aromatic N) is 4. The number of nitrogen functional groups attached to an aromatic ring is 1. The van der Waals surface area contributed by atoms with Gasteiger partial charge in [0.2, 0.25) is 0 Å². The Morgan fingerprint density at radius 3 is 2.53 bits per heavy atom. The molecule has 0 saturated heterocycles. The van der Waals surface area contributed by atoms with Crippen molar-refractivity contribution in [3.05, 3.63) is 18.0 Å². The van der Waals surface area contributed by atoms with Crippen LogP contribution in [0.4, 0.5) is 5.69 Å². The Kier molecular flexibility index (Phi) is 2.44. The zero-order chi connectivity index (χ0) is 11.0. The standard InChI is InChI=1S/C9H13N5S/c1-6-4-8(14(3)11-6)15-9-7(10)5-13(2)12-9/h4-5H,10H2,1-3H3. The number of aromatic nitrogens is 4. The molecule has 0 radical (unpaired) electrons. The topological polar surface area (TPSA) is 61.7 Å². The zero-order valence-electron chi connectivity index (χ0n) is 8.93. The molecule has 80 valence electrons. The van der Waals surface area contributed by atoms with Crippen LogP contribution in [0.5, 0.6) is 0 Å². The minimum Gasteiger partial charge on any atom is -0.395 e. The first-order valence-electron chi connectivity index (χ1n) is 4.54. The van der Waals surface area contributed by atoms with E-state index in [1.54, 1.807) is 10.9 Å². The lowest BCUT2D eigenvalue weighted by molar-refractivity contribution is 0.690. The van der Waals surface area contributed by atoms with Crippen molar-refractivity contribution in [3.63, 3.8) is 0 Å². The van der Waals surface area contributed by atoms with E-state index in [0.717, 1.165) is 15.7 Å². The van der Waals surface area contributed by atoms with E-state index >= 15 is 0 Å². The highest BCUT2D eigenvalue weighted by Crippen LogP contribution is 2.30. The number of nitrogens with two attached hydrogens (primary N) is 1. The van der Waals surface area contributed by atoms with Gasteiger partial charge in [-0.15, -0.1) is 0 Å². The van der Waals surface area contributed by atoms with Gasteiger partial charge in [-0.25, -0.2) is 0 Å². The molecule has 0 aliphatic carbocycles. The highest BCUT2D eigenvalue weighted by atomic mass is 32.2. The molecule has 2 aromatic heterocycles. The van der Waals surface area contributed by atoms with Gasteiger partial charge in [-0.05, 0) is 24.8 Å². The minimum absolute atomic E-state index is 0.696. The van der Waals surface area contributed by atoms with Gasteiger partial charge in [0.15, 0.2) is 0 Å². The first-order chi connectivity index (χ1) is 7.06. The van der Waals surface area contributed by atoms with E-state index in [1.165, 1.54) is 11.8 Å². The van der Waals surface area contributed by atoms with Gasteiger partial charge in [0, 0.05) is 20.3 Å². The second-order valence-corrected chi connectivity index (χ2v) is 4.42. The van der Waals surface area contributed by atoms with Crippen LogP contribution < -0.4 is 5.73 Å². The molecule has 15 heavy (non-hydrogen) atoms. The van der Waals surface area contributed by atoms with Crippen LogP contribution in [0.25, 0.3) is 0 Å². The number of hydrogen-bond acceptors (Lipinski definition) is 4. The molecule has 0 aromatic carbocycles. The van der Waals surface area contributed by atoms with E-state index in [9.17, 15) is 0 Å². The molecule has 0 saturated carbocycles. The van der Waals surface area contributed by atoms with E-state index < -0.39 is 0 Å². The number of anilines is 1. The summed E-state index contributed by atoms with van der Waals surface area (Å²) in [6, 6.07) is 2.01. The molecule has 2 N–H and O–H groups in total. The first kappa shape index (κ1) is 10.1. The fraction of sp³-hybridized carbons (Fsp3) is 0.333. The van der Waals surface area contributed by atoms with E-state index in [1.807, 2.05) is 31.8 Å². The summed E-state index contributed by atoms with van der Waals surface area (Å²) in [6.45, 7) is 1.96. The van der Waals surface area contributed by atoms with Crippen molar-refractivity contribution in [3.8, 4) is 0 Å². The van der Waals surface area contributed by atoms with E-state index in [4.69, 9.17) is 5.73 Å². The van der Waals surface area contributed by atoms with Crippen molar-refractivity contribution >= 4 is 17.4 Å². The summed E-state index contributed by atoms with van der Waals surface area (Å²) in [7, 11) is 3.77. The van der Waals surface area contributed by atoms with Crippen molar-refractivity contribution < 1.29 is 0 Å². The van der Waals surface area contributed by atoms with Gasteiger partial charge >= 0.3 is 0 Å². The Morgan fingerprint density at radius 2 is 2.07 bits per heavy atom. The van der Waals surface area contributed by atoms with Crippen molar-refractivity contribution in [2.75, 3.05) is 5.73 Å². The molecule has 2 aromatic rings. The van der Waals surface area contributed by atoms with Crippen molar-refractivity contribution in [1.29, 1.82) is 0 Å². The third-order valence-corrected chi connectivity index (χ3v) is 3.08. The fourth-order valence-electron chi connectivity index (χ4n) is 1.35. The van der Waals surface area contributed by atoms with Gasteiger partial charge in [-0.2, -0.15) is 10.2 Å². The molecule has 0 spiro atoms. The van der Waals surface area contributed by atoms with Gasteiger partial charge < -0.3 is 5.73 Å². The van der Waals surface area contributed by atoms with Crippen molar-refractivity contribution in [2.24, 2.45) is 14.1 Å². The van der Waals surface area contributed by atoms with Crippen LogP contribution in [-0.4, -0.2) is 19.6 Å². The molecule has 0 amide bonds. The summed E-state index contributed by atoms with van der Waals surface area (Å²) < 4.78 is 3.54. The molecule has 0 aliphatic rings. The Hall–Kier alpha value is -1.43. The highest BCUT2D eigenvalue weighted by molar-refractivity contribution is 7.99. The number of aryl methyl sites for hydroxylation is 3. The maximum atomic E-state index is 5.81. The summed E-state index contributed by atoms with van der Waals surface area (Å²) in [5.41, 5.74) is 7.50. The Balaban J connectivity index is 2.29. The van der Waals surface area contributed by atoms with E-state index in [2.05, 4.69) is 10.2 Å². The predicted molar refractivity (Wildman–Crippen MR) is 59.7 cm³/mol. The number of hydrogen-bond donors (Lipinski definition) is 1. The lowest BCUT2D eigenvalue weighted by Crippen LogP contribution is -1.93. The molecular weight excluding hydrogens is 210 g/mol. The molecule has 5 nitrogen and oxygen atoms in total. The minimum atomic E-state index is 0.696. The average molecular weight is 223 g/mol. The van der Waals surface area contributed by atoms with Gasteiger partial charge in [0.25, 0.3) is 0 Å².